The Morgan fingerprint density at radius 2 is 2.09 bits per heavy atom. The molecule has 0 aliphatic rings. The molecule has 2 heterocycles. The normalized spacial score (nSPS) is 10.9. The first kappa shape index (κ1) is 15.1. The number of rotatable bonds is 4. The molecule has 0 spiro atoms. The van der Waals surface area contributed by atoms with Crippen molar-refractivity contribution in [1.29, 1.82) is 0 Å². The molecule has 2 aromatic heterocycles. The highest BCUT2D eigenvalue weighted by Crippen LogP contribution is 2.21. The zero-order chi connectivity index (χ0) is 16.4. The van der Waals surface area contributed by atoms with Gasteiger partial charge in [0.05, 0.1) is 29.1 Å². The van der Waals surface area contributed by atoms with Crippen molar-refractivity contribution in [1.82, 2.24) is 20.0 Å². The fraction of sp³-hybridized carbons (Fsp3) is 0.294. The summed E-state index contributed by atoms with van der Waals surface area (Å²) >= 11 is 0. The molecular weight excluding hydrogens is 292 g/mol. The molecule has 0 amide bonds. The van der Waals surface area contributed by atoms with Crippen molar-refractivity contribution in [3.05, 3.63) is 53.0 Å². The Bertz CT molecular complexity index is 870. The van der Waals surface area contributed by atoms with Crippen LogP contribution in [0.3, 0.4) is 0 Å². The third-order valence-electron chi connectivity index (χ3n) is 3.65. The lowest BCUT2D eigenvalue weighted by Crippen LogP contribution is -2.06. The van der Waals surface area contributed by atoms with Gasteiger partial charge in [-0.3, -0.25) is 4.98 Å². The van der Waals surface area contributed by atoms with E-state index in [1.54, 1.807) is 31.0 Å². The van der Waals surface area contributed by atoms with Gasteiger partial charge in [-0.15, -0.1) is 0 Å². The van der Waals surface area contributed by atoms with Crippen LogP contribution in [-0.4, -0.2) is 32.6 Å². The topological polar surface area (TPSA) is 69.9 Å². The van der Waals surface area contributed by atoms with E-state index < -0.39 is 0 Å². The molecule has 0 bridgehead atoms. The Balaban J connectivity index is 2.01. The van der Waals surface area contributed by atoms with Crippen molar-refractivity contribution < 1.29 is 9.53 Å². The van der Waals surface area contributed by atoms with Gasteiger partial charge in [-0.25, -0.2) is 4.79 Å². The van der Waals surface area contributed by atoms with Crippen LogP contribution in [0.1, 0.15) is 34.2 Å². The molecule has 6 nitrogen and oxygen atoms in total. The third-order valence-corrected chi connectivity index (χ3v) is 3.65. The number of hydrogen-bond donors (Lipinski definition) is 0. The lowest BCUT2D eigenvalue weighted by atomic mass is 10.0. The first-order chi connectivity index (χ1) is 11.1. The van der Waals surface area contributed by atoms with Crippen LogP contribution in [0.5, 0.6) is 0 Å². The molecule has 0 aliphatic heterocycles. The number of aryl methyl sites for hydroxylation is 2. The summed E-state index contributed by atoms with van der Waals surface area (Å²) in [5.41, 5.74) is 4.20. The van der Waals surface area contributed by atoms with Gasteiger partial charge in [-0.1, -0.05) is 6.07 Å². The van der Waals surface area contributed by atoms with Crippen LogP contribution in [0.25, 0.3) is 10.9 Å². The van der Waals surface area contributed by atoms with E-state index in [4.69, 9.17) is 4.74 Å². The highest BCUT2D eigenvalue weighted by atomic mass is 16.5. The van der Waals surface area contributed by atoms with Gasteiger partial charge in [0.25, 0.3) is 0 Å². The second-order valence-electron chi connectivity index (χ2n) is 5.33. The second-order valence-corrected chi connectivity index (χ2v) is 5.33. The fourth-order valence-corrected chi connectivity index (χ4v) is 2.59. The minimum absolute atomic E-state index is 0.326. The van der Waals surface area contributed by atoms with Gasteiger partial charge in [-0.2, -0.15) is 15.0 Å². The standard InChI is InChI=1S/C17H18N4O2/c1-4-23-17(22)13-7-8-18-15-6-5-12(9-14(13)15)10-16-11(2)19-21(3)20-16/h5-9H,4,10H2,1-3H3. The lowest BCUT2D eigenvalue weighted by Gasteiger charge is -2.07. The minimum atomic E-state index is -0.326. The number of ether oxygens (including phenoxy) is 1. The van der Waals surface area contributed by atoms with Crippen molar-refractivity contribution in [2.45, 2.75) is 20.3 Å². The van der Waals surface area contributed by atoms with Gasteiger partial charge in [0.2, 0.25) is 0 Å². The molecule has 23 heavy (non-hydrogen) atoms. The van der Waals surface area contributed by atoms with Crippen LogP contribution in [0, 0.1) is 6.92 Å². The number of pyridine rings is 1. The van der Waals surface area contributed by atoms with Crippen molar-refractivity contribution in [2.24, 2.45) is 7.05 Å². The molecule has 1 aromatic carbocycles. The predicted molar refractivity (Wildman–Crippen MR) is 86.2 cm³/mol. The number of nitrogens with zero attached hydrogens (tertiary/aromatic N) is 4. The first-order valence-corrected chi connectivity index (χ1v) is 7.50. The molecule has 0 radical (unpaired) electrons. The highest BCUT2D eigenvalue weighted by Gasteiger charge is 2.13. The average molecular weight is 310 g/mol. The molecule has 118 valence electrons. The van der Waals surface area contributed by atoms with Crippen LogP contribution in [0.4, 0.5) is 0 Å². The SMILES string of the molecule is CCOC(=O)c1ccnc2ccc(Cc3nn(C)nc3C)cc12. The van der Waals surface area contributed by atoms with E-state index in [2.05, 4.69) is 15.2 Å². The molecule has 3 rings (SSSR count). The second kappa shape index (κ2) is 6.16. The Hall–Kier alpha value is -2.76. The zero-order valence-electron chi connectivity index (χ0n) is 13.4. The number of hydrogen-bond acceptors (Lipinski definition) is 5. The molecule has 0 saturated carbocycles. The number of carbonyl (C=O) groups is 1. The Labute approximate surface area is 134 Å². The smallest absolute Gasteiger partial charge is 0.338 e. The van der Waals surface area contributed by atoms with E-state index in [1.807, 2.05) is 25.1 Å². The Morgan fingerprint density at radius 3 is 2.78 bits per heavy atom. The fourth-order valence-electron chi connectivity index (χ4n) is 2.59. The van der Waals surface area contributed by atoms with Crippen LogP contribution in [-0.2, 0) is 18.2 Å². The van der Waals surface area contributed by atoms with E-state index >= 15 is 0 Å². The maximum Gasteiger partial charge on any atom is 0.338 e. The molecule has 3 aromatic rings. The number of aromatic nitrogens is 4. The van der Waals surface area contributed by atoms with E-state index in [1.165, 1.54) is 0 Å². The van der Waals surface area contributed by atoms with Gasteiger partial charge < -0.3 is 4.74 Å². The molecule has 0 fully saturated rings. The summed E-state index contributed by atoms with van der Waals surface area (Å²) in [6.07, 6.45) is 2.29. The number of carbonyl (C=O) groups excluding carboxylic acids is 1. The lowest BCUT2D eigenvalue weighted by molar-refractivity contribution is 0.0528. The van der Waals surface area contributed by atoms with Crippen LogP contribution >= 0.6 is 0 Å². The summed E-state index contributed by atoms with van der Waals surface area (Å²) in [6.45, 7) is 4.08. The first-order valence-electron chi connectivity index (χ1n) is 7.50. The molecule has 0 atom stereocenters. The molecular formula is C17H18N4O2. The molecule has 0 aliphatic carbocycles. The van der Waals surface area contributed by atoms with Gasteiger partial charge >= 0.3 is 5.97 Å². The summed E-state index contributed by atoms with van der Waals surface area (Å²) in [6, 6.07) is 7.58. The summed E-state index contributed by atoms with van der Waals surface area (Å²) in [5.74, 6) is -0.326. The average Bonchev–Trinajstić information content (AvgIpc) is 2.84. The monoisotopic (exact) mass is 310 g/mol. The van der Waals surface area contributed by atoms with Crippen molar-refractivity contribution in [2.75, 3.05) is 6.61 Å². The van der Waals surface area contributed by atoms with E-state index in [-0.39, 0.29) is 5.97 Å². The summed E-state index contributed by atoms with van der Waals surface area (Å²) in [7, 11) is 1.81. The van der Waals surface area contributed by atoms with Crippen molar-refractivity contribution in [3.8, 4) is 0 Å². The molecule has 0 unspecified atom stereocenters. The van der Waals surface area contributed by atoms with Crippen molar-refractivity contribution in [3.63, 3.8) is 0 Å². The maximum absolute atomic E-state index is 12.1. The molecule has 0 saturated heterocycles. The largest absolute Gasteiger partial charge is 0.462 e. The minimum Gasteiger partial charge on any atom is -0.462 e. The Morgan fingerprint density at radius 1 is 1.26 bits per heavy atom. The summed E-state index contributed by atoms with van der Waals surface area (Å²) in [5, 5.41) is 9.43. The maximum atomic E-state index is 12.1. The van der Waals surface area contributed by atoms with E-state index in [0.717, 1.165) is 27.9 Å². The van der Waals surface area contributed by atoms with Crippen molar-refractivity contribution >= 4 is 16.9 Å². The molecule has 0 N–H and O–H groups in total. The van der Waals surface area contributed by atoms with Crippen LogP contribution < -0.4 is 0 Å². The highest BCUT2D eigenvalue weighted by molar-refractivity contribution is 6.03. The van der Waals surface area contributed by atoms with E-state index in [9.17, 15) is 4.79 Å². The molecule has 6 heteroatoms. The number of benzene rings is 1. The zero-order valence-corrected chi connectivity index (χ0v) is 13.4. The van der Waals surface area contributed by atoms with Gasteiger partial charge in [0.15, 0.2) is 0 Å². The predicted octanol–water partition coefficient (Wildman–Crippen LogP) is 2.44. The quantitative estimate of drug-likeness (QED) is 0.692. The van der Waals surface area contributed by atoms with E-state index in [0.29, 0.717) is 18.6 Å². The number of esters is 1. The Kier molecular flexibility index (Phi) is 4.06. The van der Waals surface area contributed by atoms with Crippen LogP contribution in [0.15, 0.2) is 30.5 Å². The van der Waals surface area contributed by atoms with Crippen LogP contribution in [0.2, 0.25) is 0 Å². The number of fused-ring (bicyclic) bond motifs is 1. The summed E-state index contributed by atoms with van der Waals surface area (Å²) in [4.78, 5) is 18.0. The van der Waals surface area contributed by atoms with Gasteiger partial charge in [-0.05, 0) is 37.6 Å². The third kappa shape index (κ3) is 3.06. The van der Waals surface area contributed by atoms with Gasteiger partial charge in [0.1, 0.15) is 0 Å². The van der Waals surface area contributed by atoms with Gasteiger partial charge in [0, 0.05) is 25.1 Å². The summed E-state index contributed by atoms with van der Waals surface area (Å²) < 4.78 is 5.12.